The molecule has 0 fully saturated rings. The SMILES string of the molecule is CCc1ccc(C(CCCOC)NC)s1. The van der Waals surface area contributed by atoms with E-state index >= 15 is 0 Å². The number of hydrogen-bond acceptors (Lipinski definition) is 3. The van der Waals surface area contributed by atoms with Crippen molar-refractivity contribution < 1.29 is 4.74 Å². The van der Waals surface area contributed by atoms with Gasteiger partial charge in [-0.05, 0) is 38.4 Å². The average molecular weight is 227 g/mol. The smallest absolute Gasteiger partial charge is 0.0462 e. The molecule has 0 radical (unpaired) electrons. The maximum Gasteiger partial charge on any atom is 0.0462 e. The number of aryl methyl sites for hydroxylation is 1. The highest BCUT2D eigenvalue weighted by Gasteiger charge is 2.10. The number of ether oxygens (including phenoxy) is 1. The van der Waals surface area contributed by atoms with Crippen LogP contribution in [-0.2, 0) is 11.2 Å². The largest absolute Gasteiger partial charge is 0.385 e. The van der Waals surface area contributed by atoms with Crippen LogP contribution >= 0.6 is 11.3 Å². The molecule has 0 aliphatic carbocycles. The summed E-state index contributed by atoms with van der Waals surface area (Å²) in [5.74, 6) is 0. The van der Waals surface area contributed by atoms with Crippen molar-refractivity contribution in [2.75, 3.05) is 20.8 Å². The molecular formula is C12H21NOS. The highest BCUT2D eigenvalue weighted by atomic mass is 32.1. The molecule has 86 valence electrons. The second kappa shape index (κ2) is 6.99. The third-order valence-electron chi connectivity index (χ3n) is 2.56. The molecule has 3 heteroatoms. The lowest BCUT2D eigenvalue weighted by molar-refractivity contribution is 0.189. The Hall–Kier alpha value is -0.380. The molecular weight excluding hydrogens is 206 g/mol. The third kappa shape index (κ3) is 3.93. The minimum atomic E-state index is 0.491. The van der Waals surface area contributed by atoms with Crippen LogP contribution in [0.2, 0.25) is 0 Å². The van der Waals surface area contributed by atoms with Gasteiger partial charge in [0.15, 0.2) is 0 Å². The summed E-state index contributed by atoms with van der Waals surface area (Å²) >= 11 is 1.92. The van der Waals surface area contributed by atoms with Crippen molar-refractivity contribution in [3.05, 3.63) is 21.9 Å². The first-order valence-corrected chi connectivity index (χ1v) is 6.38. The van der Waals surface area contributed by atoms with E-state index in [0.29, 0.717) is 6.04 Å². The zero-order valence-corrected chi connectivity index (χ0v) is 10.7. The first-order valence-electron chi connectivity index (χ1n) is 5.56. The minimum Gasteiger partial charge on any atom is -0.385 e. The Morgan fingerprint density at radius 1 is 1.47 bits per heavy atom. The lowest BCUT2D eigenvalue weighted by atomic mass is 10.1. The predicted molar refractivity (Wildman–Crippen MR) is 66.6 cm³/mol. The van der Waals surface area contributed by atoms with Gasteiger partial charge in [0, 0.05) is 29.5 Å². The van der Waals surface area contributed by atoms with Crippen molar-refractivity contribution >= 4 is 11.3 Å². The van der Waals surface area contributed by atoms with E-state index in [9.17, 15) is 0 Å². The van der Waals surface area contributed by atoms with Crippen LogP contribution < -0.4 is 5.32 Å². The Kier molecular flexibility index (Phi) is 5.91. The minimum absolute atomic E-state index is 0.491. The Morgan fingerprint density at radius 2 is 2.27 bits per heavy atom. The standard InChI is InChI=1S/C12H21NOS/c1-4-10-7-8-12(15-10)11(13-2)6-5-9-14-3/h7-8,11,13H,4-6,9H2,1-3H3. The molecule has 1 aromatic rings. The molecule has 1 N–H and O–H groups in total. The molecule has 15 heavy (non-hydrogen) atoms. The quantitative estimate of drug-likeness (QED) is 0.723. The van der Waals surface area contributed by atoms with Gasteiger partial charge in [-0.2, -0.15) is 0 Å². The molecule has 1 rings (SSSR count). The molecule has 0 aromatic carbocycles. The lowest BCUT2D eigenvalue weighted by Gasteiger charge is -2.13. The topological polar surface area (TPSA) is 21.3 Å². The van der Waals surface area contributed by atoms with Crippen LogP contribution in [0.4, 0.5) is 0 Å². The second-order valence-electron chi connectivity index (χ2n) is 3.63. The summed E-state index contributed by atoms with van der Waals surface area (Å²) in [4.78, 5) is 2.92. The molecule has 1 unspecified atom stereocenters. The molecule has 2 nitrogen and oxygen atoms in total. The Labute approximate surface area is 96.7 Å². The fourth-order valence-electron chi connectivity index (χ4n) is 1.63. The maximum atomic E-state index is 5.07. The van der Waals surface area contributed by atoms with Crippen molar-refractivity contribution in [2.24, 2.45) is 0 Å². The molecule has 0 amide bonds. The number of rotatable bonds is 7. The molecule has 1 heterocycles. The molecule has 1 aromatic heterocycles. The molecule has 1 atom stereocenters. The molecule has 0 spiro atoms. The second-order valence-corrected chi connectivity index (χ2v) is 4.83. The first-order chi connectivity index (χ1) is 7.31. The van der Waals surface area contributed by atoms with Gasteiger partial charge in [-0.3, -0.25) is 0 Å². The van der Waals surface area contributed by atoms with Gasteiger partial charge in [0.1, 0.15) is 0 Å². The molecule has 0 bridgehead atoms. The van der Waals surface area contributed by atoms with Crippen LogP contribution in [-0.4, -0.2) is 20.8 Å². The van der Waals surface area contributed by atoms with E-state index < -0.39 is 0 Å². The first kappa shape index (κ1) is 12.7. The van der Waals surface area contributed by atoms with Gasteiger partial charge in [-0.15, -0.1) is 11.3 Å². The van der Waals surface area contributed by atoms with Gasteiger partial charge in [0.2, 0.25) is 0 Å². The van der Waals surface area contributed by atoms with E-state index in [2.05, 4.69) is 24.4 Å². The van der Waals surface area contributed by atoms with E-state index in [1.54, 1.807) is 7.11 Å². The number of thiophene rings is 1. The number of nitrogens with one attached hydrogen (secondary N) is 1. The summed E-state index contributed by atoms with van der Waals surface area (Å²) in [6, 6.07) is 4.98. The van der Waals surface area contributed by atoms with E-state index in [1.807, 2.05) is 18.4 Å². The summed E-state index contributed by atoms with van der Waals surface area (Å²) in [5, 5.41) is 3.37. The molecule has 0 aliphatic heterocycles. The van der Waals surface area contributed by atoms with Crippen LogP contribution in [0.1, 0.15) is 35.6 Å². The van der Waals surface area contributed by atoms with Crippen molar-refractivity contribution in [1.29, 1.82) is 0 Å². The van der Waals surface area contributed by atoms with Crippen molar-refractivity contribution in [3.63, 3.8) is 0 Å². The number of hydrogen-bond donors (Lipinski definition) is 1. The summed E-state index contributed by atoms with van der Waals surface area (Å²) in [6.07, 6.45) is 3.40. The fraction of sp³-hybridized carbons (Fsp3) is 0.667. The third-order valence-corrected chi connectivity index (χ3v) is 3.91. The molecule has 0 saturated heterocycles. The van der Waals surface area contributed by atoms with Crippen molar-refractivity contribution in [1.82, 2.24) is 5.32 Å². The zero-order valence-electron chi connectivity index (χ0n) is 9.88. The molecule has 0 saturated carbocycles. The van der Waals surface area contributed by atoms with Gasteiger partial charge in [0.05, 0.1) is 0 Å². The van der Waals surface area contributed by atoms with Gasteiger partial charge in [0.25, 0.3) is 0 Å². The number of methoxy groups -OCH3 is 1. The van der Waals surface area contributed by atoms with Crippen LogP contribution in [0.15, 0.2) is 12.1 Å². The Morgan fingerprint density at radius 3 is 2.80 bits per heavy atom. The van der Waals surface area contributed by atoms with Gasteiger partial charge in [-0.25, -0.2) is 0 Å². The van der Waals surface area contributed by atoms with Crippen LogP contribution in [0.5, 0.6) is 0 Å². The zero-order chi connectivity index (χ0) is 11.1. The van der Waals surface area contributed by atoms with Crippen molar-refractivity contribution in [2.45, 2.75) is 32.2 Å². The Bertz CT molecular complexity index is 272. The Balaban J connectivity index is 2.49. The summed E-state index contributed by atoms with van der Waals surface area (Å²) in [7, 11) is 3.79. The normalized spacial score (nSPS) is 13.0. The van der Waals surface area contributed by atoms with Crippen LogP contribution in [0.25, 0.3) is 0 Å². The van der Waals surface area contributed by atoms with E-state index in [-0.39, 0.29) is 0 Å². The molecule has 0 aliphatic rings. The highest BCUT2D eigenvalue weighted by molar-refractivity contribution is 7.12. The summed E-state index contributed by atoms with van der Waals surface area (Å²) < 4.78 is 5.07. The van der Waals surface area contributed by atoms with E-state index in [1.165, 1.54) is 9.75 Å². The fourth-order valence-corrected chi connectivity index (χ4v) is 2.73. The van der Waals surface area contributed by atoms with Gasteiger partial charge >= 0.3 is 0 Å². The summed E-state index contributed by atoms with van der Waals surface area (Å²) in [6.45, 7) is 3.05. The summed E-state index contributed by atoms with van der Waals surface area (Å²) in [5.41, 5.74) is 0. The average Bonchev–Trinajstić information content (AvgIpc) is 2.73. The predicted octanol–water partition coefficient (Wildman–Crippen LogP) is 3.00. The van der Waals surface area contributed by atoms with Crippen molar-refractivity contribution in [3.8, 4) is 0 Å². The highest BCUT2D eigenvalue weighted by Crippen LogP contribution is 2.26. The van der Waals surface area contributed by atoms with Crippen LogP contribution in [0, 0.1) is 0 Å². The monoisotopic (exact) mass is 227 g/mol. The van der Waals surface area contributed by atoms with E-state index in [0.717, 1.165) is 25.9 Å². The van der Waals surface area contributed by atoms with Gasteiger partial charge < -0.3 is 10.1 Å². The van der Waals surface area contributed by atoms with Gasteiger partial charge in [-0.1, -0.05) is 6.92 Å². The van der Waals surface area contributed by atoms with Crippen LogP contribution in [0.3, 0.4) is 0 Å². The van der Waals surface area contributed by atoms with E-state index in [4.69, 9.17) is 4.74 Å². The lowest BCUT2D eigenvalue weighted by Crippen LogP contribution is -2.15. The maximum absolute atomic E-state index is 5.07.